The minimum atomic E-state index is -0.0555. The molecule has 6 heteroatoms. The molecule has 0 atom stereocenters. The number of aromatic nitrogens is 2. The number of nitrogens with zero attached hydrogens (tertiary/aromatic N) is 3. The van der Waals surface area contributed by atoms with Gasteiger partial charge < -0.3 is 14.8 Å². The summed E-state index contributed by atoms with van der Waals surface area (Å²) in [5, 5.41) is 2.79. The normalized spacial score (nSPS) is 18.6. The molecule has 1 saturated carbocycles. The fraction of sp³-hybridized carbons (Fsp3) is 0.706. The van der Waals surface area contributed by atoms with E-state index in [1.165, 1.54) is 26.2 Å². The first-order valence-electron chi connectivity index (χ1n) is 8.63. The first kappa shape index (κ1) is 16.0. The second-order valence-electron chi connectivity index (χ2n) is 6.73. The van der Waals surface area contributed by atoms with Gasteiger partial charge in [-0.3, -0.25) is 9.59 Å². The molecule has 1 fully saturated rings. The lowest BCUT2D eigenvalue weighted by molar-refractivity contribution is -0.137. The van der Waals surface area contributed by atoms with Crippen molar-refractivity contribution in [2.24, 2.45) is 13.0 Å². The van der Waals surface area contributed by atoms with E-state index < -0.39 is 0 Å². The van der Waals surface area contributed by atoms with Gasteiger partial charge in [-0.1, -0.05) is 19.3 Å². The van der Waals surface area contributed by atoms with E-state index in [1.807, 2.05) is 16.5 Å². The molecule has 23 heavy (non-hydrogen) atoms. The third-order valence-electron chi connectivity index (χ3n) is 5.11. The second kappa shape index (κ2) is 6.72. The van der Waals surface area contributed by atoms with Gasteiger partial charge in [0.25, 0.3) is 0 Å². The van der Waals surface area contributed by atoms with E-state index in [9.17, 15) is 9.59 Å². The highest BCUT2D eigenvalue weighted by molar-refractivity contribution is 5.79. The van der Waals surface area contributed by atoms with Gasteiger partial charge in [-0.05, 0) is 12.8 Å². The van der Waals surface area contributed by atoms with Crippen molar-refractivity contribution in [1.29, 1.82) is 0 Å². The number of rotatable bonds is 3. The molecule has 1 aliphatic heterocycles. The minimum Gasteiger partial charge on any atom is -0.349 e. The lowest BCUT2D eigenvalue weighted by atomic mass is 9.88. The number of carbonyl (C=O) groups excluding carboxylic acids is 2. The second-order valence-corrected chi connectivity index (χ2v) is 6.73. The van der Waals surface area contributed by atoms with Crippen molar-refractivity contribution in [2.75, 3.05) is 6.54 Å². The summed E-state index contributed by atoms with van der Waals surface area (Å²) < 4.78 is 2.03. The molecule has 1 aromatic heterocycles. The molecule has 0 unspecified atom stereocenters. The van der Waals surface area contributed by atoms with Gasteiger partial charge >= 0.3 is 0 Å². The van der Waals surface area contributed by atoms with Gasteiger partial charge in [0, 0.05) is 32.9 Å². The molecule has 2 amide bonds. The summed E-state index contributed by atoms with van der Waals surface area (Å²) in [4.78, 5) is 30.5. The number of fused-ring (bicyclic) bond motifs is 1. The maximum atomic E-state index is 12.7. The zero-order valence-electron chi connectivity index (χ0n) is 14.1. The predicted molar refractivity (Wildman–Crippen MR) is 86.4 cm³/mol. The molecule has 1 aromatic rings. The average molecular weight is 318 g/mol. The molecule has 0 bridgehead atoms. The summed E-state index contributed by atoms with van der Waals surface area (Å²) in [6.45, 7) is 3.36. The number of carbonyl (C=O) groups is 2. The molecule has 1 aliphatic carbocycles. The quantitative estimate of drug-likeness (QED) is 0.919. The Hall–Kier alpha value is -1.85. The molecule has 0 spiro atoms. The molecule has 2 aliphatic rings. The minimum absolute atomic E-state index is 0.0555. The van der Waals surface area contributed by atoms with Crippen LogP contribution < -0.4 is 5.32 Å². The Labute approximate surface area is 137 Å². The SMILES string of the molecule is CC(=O)NCc1nc2c(n1C)CN(C(=O)C1CCCCC1)CC2. The molecule has 0 saturated heterocycles. The summed E-state index contributed by atoms with van der Waals surface area (Å²) >= 11 is 0. The summed E-state index contributed by atoms with van der Waals surface area (Å²) in [5.41, 5.74) is 2.18. The van der Waals surface area contributed by atoms with Crippen LogP contribution >= 0.6 is 0 Å². The highest BCUT2D eigenvalue weighted by Gasteiger charge is 2.30. The Bertz CT molecular complexity index is 602. The van der Waals surface area contributed by atoms with Crippen molar-refractivity contribution in [1.82, 2.24) is 19.8 Å². The molecule has 0 radical (unpaired) electrons. The first-order valence-corrected chi connectivity index (χ1v) is 8.63. The van der Waals surface area contributed by atoms with Crippen molar-refractivity contribution in [2.45, 2.75) is 58.5 Å². The molecular weight excluding hydrogens is 292 g/mol. The van der Waals surface area contributed by atoms with Gasteiger partial charge in [-0.25, -0.2) is 4.98 Å². The van der Waals surface area contributed by atoms with Gasteiger partial charge in [-0.2, -0.15) is 0 Å². The van der Waals surface area contributed by atoms with E-state index in [0.29, 0.717) is 19.0 Å². The zero-order chi connectivity index (χ0) is 16.4. The third kappa shape index (κ3) is 3.41. The van der Waals surface area contributed by atoms with Gasteiger partial charge in [0.1, 0.15) is 5.82 Å². The highest BCUT2D eigenvalue weighted by atomic mass is 16.2. The van der Waals surface area contributed by atoms with Crippen molar-refractivity contribution >= 4 is 11.8 Å². The van der Waals surface area contributed by atoms with Crippen molar-refractivity contribution in [3.8, 4) is 0 Å². The molecule has 1 N–H and O–H groups in total. The van der Waals surface area contributed by atoms with Crippen LogP contribution in [0.4, 0.5) is 0 Å². The van der Waals surface area contributed by atoms with Crippen LogP contribution in [0.2, 0.25) is 0 Å². The lowest BCUT2D eigenvalue weighted by Gasteiger charge is -2.32. The smallest absolute Gasteiger partial charge is 0.226 e. The summed E-state index contributed by atoms with van der Waals surface area (Å²) in [6, 6.07) is 0. The molecular formula is C17H26N4O2. The van der Waals surface area contributed by atoms with E-state index in [0.717, 1.165) is 43.0 Å². The Balaban J connectivity index is 1.70. The zero-order valence-corrected chi connectivity index (χ0v) is 14.1. The van der Waals surface area contributed by atoms with Crippen molar-refractivity contribution < 1.29 is 9.59 Å². The molecule has 126 valence electrons. The summed E-state index contributed by atoms with van der Waals surface area (Å²) in [6.07, 6.45) is 6.52. The molecule has 3 rings (SSSR count). The largest absolute Gasteiger partial charge is 0.349 e. The van der Waals surface area contributed by atoms with E-state index >= 15 is 0 Å². The number of nitrogens with one attached hydrogen (secondary N) is 1. The highest BCUT2D eigenvalue weighted by Crippen LogP contribution is 2.28. The van der Waals surface area contributed by atoms with E-state index in [1.54, 1.807) is 0 Å². The molecule has 2 heterocycles. The molecule has 0 aromatic carbocycles. The Morgan fingerprint density at radius 3 is 2.70 bits per heavy atom. The monoisotopic (exact) mass is 318 g/mol. The number of imidazole rings is 1. The predicted octanol–water partition coefficient (Wildman–Crippen LogP) is 1.52. The standard InChI is InChI=1S/C17H26N4O2/c1-12(22)18-10-16-19-14-8-9-21(11-15(14)20(16)2)17(23)13-6-4-3-5-7-13/h13H,3-11H2,1-2H3,(H,18,22). The number of amides is 2. The van der Waals surface area contributed by atoms with Crippen molar-refractivity contribution in [3.05, 3.63) is 17.2 Å². The van der Waals surface area contributed by atoms with Crippen LogP contribution in [0.5, 0.6) is 0 Å². The Morgan fingerprint density at radius 2 is 2.00 bits per heavy atom. The first-order chi connectivity index (χ1) is 11.1. The van der Waals surface area contributed by atoms with E-state index in [4.69, 9.17) is 0 Å². The van der Waals surface area contributed by atoms with Gasteiger partial charge in [-0.15, -0.1) is 0 Å². The fourth-order valence-electron chi connectivity index (χ4n) is 3.70. The third-order valence-corrected chi connectivity index (χ3v) is 5.11. The van der Waals surface area contributed by atoms with Crippen LogP contribution in [0.15, 0.2) is 0 Å². The summed E-state index contributed by atoms with van der Waals surface area (Å²) in [7, 11) is 1.97. The Kier molecular flexibility index (Phi) is 4.68. The maximum Gasteiger partial charge on any atom is 0.226 e. The topological polar surface area (TPSA) is 67.2 Å². The fourth-order valence-corrected chi connectivity index (χ4v) is 3.70. The van der Waals surface area contributed by atoms with Crippen LogP contribution in [0, 0.1) is 5.92 Å². The summed E-state index contributed by atoms with van der Waals surface area (Å²) in [5.74, 6) is 1.34. The van der Waals surface area contributed by atoms with E-state index in [2.05, 4.69) is 10.3 Å². The van der Waals surface area contributed by atoms with Gasteiger partial charge in [0.15, 0.2) is 0 Å². The van der Waals surface area contributed by atoms with Crippen LogP contribution in [0.25, 0.3) is 0 Å². The lowest BCUT2D eigenvalue weighted by Crippen LogP contribution is -2.40. The van der Waals surface area contributed by atoms with Crippen molar-refractivity contribution in [3.63, 3.8) is 0 Å². The van der Waals surface area contributed by atoms with Crippen LogP contribution in [-0.2, 0) is 36.1 Å². The number of hydrogen-bond acceptors (Lipinski definition) is 3. The van der Waals surface area contributed by atoms with Crippen LogP contribution in [0.1, 0.15) is 56.2 Å². The van der Waals surface area contributed by atoms with Crippen LogP contribution in [-0.4, -0.2) is 32.8 Å². The van der Waals surface area contributed by atoms with Crippen LogP contribution in [0.3, 0.4) is 0 Å². The molecule has 6 nitrogen and oxygen atoms in total. The number of hydrogen-bond donors (Lipinski definition) is 1. The van der Waals surface area contributed by atoms with Gasteiger partial charge in [0.2, 0.25) is 11.8 Å². The maximum absolute atomic E-state index is 12.7. The van der Waals surface area contributed by atoms with Gasteiger partial charge in [0.05, 0.1) is 24.5 Å². The van der Waals surface area contributed by atoms with E-state index in [-0.39, 0.29) is 11.8 Å². The average Bonchev–Trinajstić information content (AvgIpc) is 2.89. The Morgan fingerprint density at radius 1 is 1.26 bits per heavy atom.